The van der Waals surface area contributed by atoms with E-state index in [-0.39, 0.29) is 39.4 Å². The van der Waals surface area contributed by atoms with E-state index in [1.54, 1.807) is 25.1 Å². The van der Waals surface area contributed by atoms with Gasteiger partial charge in [-0.1, -0.05) is 36.2 Å². The monoisotopic (exact) mass is 751 g/mol. The minimum Gasteiger partial charge on any atom is -0.475 e. The first kappa shape index (κ1) is 37.6. The number of carboxylic acid groups (broad SMARTS) is 1. The van der Waals surface area contributed by atoms with Gasteiger partial charge in [-0.05, 0) is 60.9 Å². The lowest BCUT2D eigenvalue weighted by atomic mass is 9.95. The van der Waals surface area contributed by atoms with E-state index in [0.29, 0.717) is 36.2 Å². The van der Waals surface area contributed by atoms with Crippen LogP contribution in [0.2, 0.25) is 5.02 Å². The van der Waals surface area contributed by atoms with Crippen LogP contribution in [0, 0.1) is 11.7 Å². The van der Waals surface area contributed by atoms with Gasteiger partial charge in [-0.3, -0.25) is 19.1 Å². The lowest BCUT2D eigenvalue weighted by Gasteiger charge is -2.23. The maximum Gasteiger partial charge on any atom is 0.490 e. The number of hydrogen-bond donors (Lipinski definition) is 2. The van der Waals surface area contributed by atoms with E-state index in [2.05, 4.69) is 25.6 Å². The summed E-state index contributed by atoms with van der Waals surface area (Å²) in [6.45, 7) is 1.78. The molecule has 6 rings (SSSR count). The summed E-state index contributed by atoms with van der Waals surface area (Å²) < 4.78 is 88.8. The minimum atomic E-state index is -5.08. The molecule has 0 fully saturated rings. The quantitative estimate of drug-likeness (QED) is 0.182. The van der Waals surface area contributed by atoms with Crippen LogP contribution < -0.4 is 10.9 Å². The van der Waals surface area contributed by atoms with Crippen LogP contribution in [0.3, 0.4) is 0 Å². The fraction of sp³-hybridized carbons (Fsp3) is 0.242. The minimum absolute atomic E-state index is 0.147. The maximum absolute atomic E-state index is 15.1. The van der Waals surface area contributed by atoms with Crippen LogP contribution in [0.4, 0.5) is 36.4 Å². The molecular weight excluding hydrogens is 727 g/mol. The number of aliphatic carboxylic acids is 1. The Morgan fingerprint density at radius 3 is 2.38 bits per heavy atom. The normalized spacial score (nSPS) is 16.4. The molecule has 0 saturated heterocycles. The van der Waals surface area contributed by atoms with Crippen LogP contribution in [0.25, 0.3) is 28.1 Å². The summed E-state index contributed by atoms with van der Waals surface area (Å²) in [7, 11) is 0. The zero-order valence-electron chi connectivity index (χ0n) is 26.6. The first-order chi connectivity index (χ1) is 24.4. The van der Waals surface area contributed by atoms with Crippen molar-refractivity contribution in [1.82, 2.24) is 29.5 Å². The van der Waals surface area contributed by atoms with Gasteiger partial charge in [0.25, 0.3) is 5.56 Å². The number of aromatic nitrogens is 6. The summed E-state index contributed by atoms with van der Waals surface area (Å²) in [5.41, 5.74) is 0.432. The average molecular weight is 752 g/mol. The summed E-state index contributed by atoms with van der Waals surface area (Å²) in [4.78, 5) is 44.5. The molecular formula is C33H25ClF7N7O4. The van der Waals surface area contributed by atoms with Crippen molar-refractivity contribution in [3.8, 4) is 28.1 Å². The number of rotatable bonds is 3. The van der Waals surface area contributed by atoms with E-state index in [1.807, 2.05) is 0 Å². The van der Waals surface area contributed by atoms with Gasteiger partial charge in [0.15, 0.2) is 5.69 Å². The molecule has 4 heterocycles. The van der Waals surface area contributed by atoms with Crippen molar-refractivity contribution in [2.24, 2.45) is 5.92 Å². The largest absolute Gasteiger partial charge is 0.490 e. The van der Waals surface area contributed by atoms with Gasteiger partial charge < -0.3 is 10.4 Å². The molecule has 0 radical (unpaired) electrons. The first-order valence-corrected chi connectivity index (χ1v) is 15.6. The highest BCUT2D eigenvalue weighted by molar-refractivity contribution is 6.31. The standard InChI is InChI=1S/C31H24ClF4N7O2.C2HF3O2/c1-17-4-2-7-26(24-12-18(10-11-37-24)29-21(33)5-3-6-22(29)39-30(17)45)42-16-38-23(14-28(42)44)20-13-19(32)8-9-25(20)43-15-27(40-41-43)31(34,35)36;3-2(4,5)1(6)7/h3,5-6,8-17,26H,2,4,7H2,1H3,(H,39,45);(H,6,7)/t17-,26+;/m1./s1. The molecule has 2 aromatic carbocycles. The number of fused-ring (bicyclic) bond motifs is 4. The number of amides is 1. The molecule has 0 aliphatic carbocycles. The van der Waals surface area contributed by atoms with Gasteiger partial charge in [0.2, 0.25) is 5.91 Å². The molecule has 0 spiro atoms. The van der Waals surface area contributed by atoms with Gasteiger partial charge in [0.1, 0.15) is 5.82 Å². The zero-order chi connectivity index (χ0) is 38.0. The van der Waals surface area contributed by atoms with Gasteiger partial charge >= 0.3 is 18.3 Å². The second kappa shape index (κ2) is 14.9. The number of carboxylic acids is 1. The van der Waals surface area contributed by atoms with Crippen LogP contribution in [0.5, 0.6) is 0 Å². The number of benzene rings is 2. The molecule has 1 aliphatic rings. The Kier molecular flexibility index (Phi) is 10.8. The molecule has 2 atom stereocenters. The van der Waals surface area contributed by atoms with Crippen molar-refractivity contribution >= 4 is 29.2 Å². The third-order valence-electron chi connectivity index (χ3n) is 7.92. The SMILES string of the molecule is C[C@@H]1CCC[C@H](n2cnc(-c3cc(Cl)ccc3-n3cc(C(F)(F)F)nn3)cc2=O)c2cc(ccn2)-c2c(F)cccc2NC1=O.O=C(O)C(F)(F)F. The number of halogens is 8. The van der Waals surface area contributed by atoms with E-state index < -0.39 is 41.4 Å². The third-order valence-corrected chi connectivity index (χ3v) is 8.16. The van der Waals surface area contributed by atoms with Crippen molar-refractivity contribution in [2.75, 3.05) is 5.32 Å². The van der Waals surface area contributed by atoms with Gasteiger partial charge in [-0.2, -0.15) is 26.3 Å². The van der Waals surface area contributed by atoms with Crippen LogP contribution in [0.15, 0.2) is 78.1 Å². The fourth-order valence-corrected chi connectivity index (χ4v) is 5.53. The van der Waals surface area contributed by atoms with E-state index in [4.69, 9.17) is 21.5 Å². The van der Waals surface area contributed by atoms with Crippen molar-refractivity contribution in [3.05, 3.63) is 106 Å². The number of carbonyl (C=O) groups excluding carboxylic acids is 1. The smallest absolute Gasteiger partial charge is 0.475 e. The molecule has 1 amide bonds. The second-order valence-electron chi connectivity index (χ2n) is 11.5. The Hall–Kier alpha value is -5.65. The number of anilines is 1. The molecule has 0 unspecified atom stereocenters. The molecule has 0 saturated carbocycles. The highest BCUT2D eigenvalue weighted by Crippen LogP contribution is 2.35. The molecule has 3 aromatic heterocycles. The molecule has 19 heteroatoms. The van der Waals surface area contributed by atoms with Gasteiger partial charge in [0, 0.05) is 34.3 Å². The predicted molar refractivity (Wildman–Crippen MR) is 172 cm³/mol. The van der Waals surface area contributed by atoms with E-state index in [9.17, 15) is 35.9 Å². The van der Waals surface area contributed by atoms with Crippen molar-refractivity contribution < 1.29 is 45.4 Å². The molecule has 1 aliphatic heterocycles. The van der Waals surface area contributed by atoms with Gasteiger partial charge in [-0.25, -0.2) is 18.9 Å². The van der Waals surface area contributed by atoms with E-state index in [0.717, 1.165) is 10.9 Å². The molecule has 5 aromatic rings. The van der Waals surface area contributed by atoms with Crippen molar-refractivity contribution in [1.29, 1.82) is 0 Å². The summed E-state index contributed by atoms with van der Waals surface area (Å²) in [5.74, 6) is -3.92. The Morgan fingerprint density at radius 1 is 1.00 bits per heavy atom. The molecule has 272 valence electrons. The molecule has 2 N–H and O–H groups in total. The number of hydrogen-bond acceptors (Lipinski definition) is 7. The van der Waals surface area contributed by atoms with Crippen molar-refractivity contribution in [3.63, 3.8) is 0 Å². The highest BCUT2D eigenvalue weighted by Gasteiger charge is 2.38. The Morgan fingerprint density at radius 2 is 1.73 bits per heavy atom. The summed E-state index contributed by atoms with van der Waals surface area (Å²) in [6.07, 6.45) is -4.72. The van der Waals surface area contributed by atoms with Crippen molar-refractivity contribution in [2.45, 2.75) is 44.6 Å². The van der Waals surface area contributed by atoms with Crippen LogP contribution >= 0.6 is 11.6 Å². The number of carbonyl (C=O) groups is 2. The zero-order valence-corrected chi connectivity index (χ0v) is 27.3. The maximum atomic E-state index is 15.1. The van der Waals surface area contributed by atoms with Gasteiger partial charge in [0.05, 0.1) is 41.3 Å². The second-order valence-corrected chi connectivity index (χ2v) is 11.9. The average Bonchev–Trinajstić information content (AvgIpc) is 3.58. The Bertz CT molecular complexity index is 2190. The van der Waals surface area contributed by atoms with Crippen LogP contribution in [-0.2, 0) is 15.8 Å². The fourth-order valence-electron chi connectivity index (χ4n) is 5.36. The summed E-state index contributed by atoms with van der Waals surface area (Å²) >= 11 is 6.22. The molecule has 11 nitrogen and oxygen atoms in total. The van der Waals surface area contributed by atoms with E-state index >= 15 is 4.39 Å². The van der Waals surface area contributed by atoms with Gasteiger partial charge in [-0.15, -0.1) is 5.10 Å². The summed E-state index contributed by atoms with van der Waals surface area (Å²) in [5, 5.41) is 17.1. The molecule has 2 bridgehead atoms. The lowest BCUT2D eigenvalue weighted by Crippen LogP contribution is -2.27. The number of alkyl halides is 6. The molecule has 52 heavy (non-hydrogen) atoms. The number of nitrogens with one attached hydrogen (secondary N) is 1. The predicted octanol–water partition coefficient (Wildman–Crippen LogP) is 7.35. The lowest BCUT2D eigenvalue weighted by molar-refractivity contribution is -0.192. The Balaban J connectivity index is 0.000000679. The number of pyridine rings is 1. The highest BCUT2D eigenvalue weighted by atomic mass is 35.5. The topological polar surface area (TPSA) is 145 Å². The van der Waals surface area contributed by atoms with Crippen LogP contribution in [-0.4, -0.2) is 52.7 Å². The van der Waals surface area contributed by atoms with E-state index in [1.165, 1.54) is 53.5 Å². The number of nitrogens with zero attached hydrogens (tertiary/aromatic N) is 6. The first-order valence-electron chi connectivity index (χ1n) is 15.2. The van der Waals surface area contributed by atoms with Crippen LogP contribution in [0.1, 0.15) is 43.6 Å². The third kappa shape index (κ3) is 8.44. The Labute approximate surface area is 293 Å². The summed E-state index contributed by atoms with van der Waals surface area (Å²) in [6, 6.07) is 12.8.